The Bertz CT molecular complexity index is 31.7. The van der Waals surface area contributed by atoms with Crippen LogP contribution in [0.2, 0.25) is 0 Å². The van der Waals surface area contributed by atoms with E-state index in [1.54, 1.807) is 0 Å². The highest BCUT2D eigenvalue weighted by molar-refractivity contribution is 14.1. The van der Waals surface area contributed by atoms with Crippen LogP contribution in [0.1, 0.15) is 52.9 Å². The van der Waals surface area contributed by atoms with Gasteiger partial charge in [0.15, 0.2) is 0 Å². The van der Waals surface area contributed by atoms with Crippen LogP contribution in [-0.2, 0) is 0 Å². The largest absolute Gasteiger partial charge is 0.0867 e. The van der Waals surface area contributed by atoms with Crippen LogP contribution in [0.15, 0.2) is 0 Å². The van der Waals surface area contributed by atoms with Gasteiger partial charge in [-0.1, -0.05) is 75.5 Å². The monoisotopic (exact) mass is 256 g/mol. The van der Waals surface area contributed by atoms with Gasteiger partial charge in [0.1, 0.15) is 0 Å². The lowest BCUT2D eigenvalue weighted by molar-refractivity contribution is 0.656. The molecule has 0 aliphatic carbocycles. The highest BCUT2D eigenvalue weighted by atomic mass is 127. The first-order chi connectivity index (χ1) is 4.83. The number of unbranched alkanes of at least 4 members (excludes halogenated alkanes) is 4. The number of rotatable bonds is 4. The van der Waals surface area contributed by atoms with Gasteiger partial charge in [-0.2, -0.15) is 0 Å². The third-order valence-corrected chi connectivity index (χ3v) is 1.21. The average molecular weight is 256 g/mol. The Hall–Kier alpha value is 0.730. The van der Waals surface area contributed by atoms with E-state index in [0.29, 0.717) is 0 Å². The maximum absolute atomic E-state index is 2.29. The Morgan fingerprint density at radius 3 is 1.30 bits per heavy atom. The summed E-state index contributed by atoms with van der Waals surface area (Å²) in [6, 6.07) is 0. The summed E-state index contributed by atoms with van der Waals surface area (Å²) in [5, 5.41) is 0. The van der Waals surface area contributed by atoms with Crippen LogP contribution in [0.3, 0.4) is 0 Å². The normalized spacial score (nSPS) is 8.40. The number of alkyl halides is 1. The molecule has 0 aromatic heterocycles. The van der Waals surface area contributed by atoms with Gasteiger partial charge in [0, 0.05) is 0 Å². The van der Waals surface area contributed by atoms with Crippen molar-refractivity contribution in [3.05, 3.63) is 0 Å². The molecule has 0 rings (SSSR count). The first kappa shape index (κ1) is 13.3. The molecule has 64 valence electrons. The summed E-state index contributed by atoms with van der Waals surface area (Å²) in [6.07, 6.45) is 7.01. The topological polar surface area (TPSA) is 0 Å². The molecule has 0 bridgehead atoms. The third kappa shape index (κ3) is 23.3. The molecule has 0 radical (unpaired) electrons. The van der Waals surface area contributed by atoms with Gasteiger partial charge in [0.05, 0.1) is 0 Å². The molecule has 10 heavy (non-hydrogen) atoms. The molecule has 0 fully saturated rings. The summed E-state index contributed by atoms with van der Waals surface area (Å²) in [7, 11) is 0. The van der Waals surface area contributed by atoms with Crippen molar-refractivity contribution in [3.63, 3.8) is 0 Å². The van der Waals surface area contributed by atoms with Crippen LogP contribution >= 0.6 is 22.6 Å². The molecule has 0 aromatic carbocycles. The molecule has 0 nitrogen and oxygen atoms in total. The minimum Gasteiger partial charge on any atom is -0.0867 e. The second kappa shape index (κ2) is 16.4. The summed E-state index contributed by atoms with van der Waals surface area (Å²) in [6.45, 7) is 6.60. The third-order valence-electron chi connectivity index (χ3n) is 1.21. The number of hydrogen-bond acceptors (Lipinski definition) is 0. The fraction of sp³-hybridized carbons (Fsp3) is 1.00. The molecule has 0 saturated carbocycles. The fourth-order valence-corrected chi connectivity index (χ4v) is 0.677. The standard InChI is InChI=1S/C7H16.C2H5I/c1-3-5-7-6-4-2;1-2-3/h3-7H2,1-2H3;2H2,1H3. The van der Waals surface area contributed by atoms with Crippen LogP contribution in [0.5, 0.6) is 0 Å². The minimum absolute atomic E-state index is 1.22. The Morgan fingerprint density at radius 1 is 0.800 bits per heavy atom. The number of halogens is 1. The van der Waals surface area contributed by atoms with Crippen molar-refractivity contribution in [2.24, 2.45) is 0 Å². The molecular weight excluding hydrogens is 235 g/mol. The van der Waals surface area contributed by atoms with Gasteiger partial charge >= 0.3 is 0 Å². The van der Waals surface area contributed by atoms with Crippen LogP contribution in [0.4, 0.5) is 0 Å². The van der Waals surface area contributed by atoms with Crippen molar-refractivity contribution in [1.29, 1.82) is 0 Å². The van der Waals surface area contributed by atoms with Crippen molar-refractivity contribution in [1.82, 2.24) is 0 Å². The van der Waals surface area contributed by atoms with E-state index < -0.39 is 0 Å². The first-order valence-corrected chi connectivity index (χ1v) is 5.91. The van der Waals surface area contributed by atoms with Crippen LogP contribution < -0.4 is 0 Å². The van der Waals surface area contributed by atoms with E-state index in [-0.39, 0.29) is 0 Å². The van der Waals surface area contributed by atoms with Crippen LogP contribution in [0.25, 0.3) is 0 Å². The Labute approximate surface area is 79.9 Å². The van der Waals surface area contributed by atoms with Crippen molar-refractivity contribution >= 4 is 22.6 Å². The predicted octanol–water partition coefficient (Wildman–Crippen LogP) is 4.42. The number of hydrogen-bond donors (Lipinski definition) is 0. The van der Waals surface area contributed by atoms with Gasteiger partial charge < -0.3 is 0 Å². The molecular formula is C9H21I. The lowest BCUT2D eigenvalue weighted by Crippen LogP contribution is -1.70. The van der Waals surface area contributed by atoms with E-state index in [1.807, 2.05) is 0 Å². The van der Waals surface area contributed by atoms with Crippen LogP contribution in [0, 0.1) is 0 Å². The zero-order chi connectivity index (χ0) is 8.24. The zero-order valence-electron chi connectivity index (χ0n) is 7.62. The molecule has 0 saturated heterocycles. The van der Waals surface area contributed by atoms with E-state index in [1.165, 1.54) is 36.5 Å². The lowest BCUT2D eigenvalue weighted by atomic mass is 10.2. The van der Waals surface area contributed by atoms with Crippen molar-refractivity contribution in [3.8, 4) is 0 Å². The SMILES string of the molecule is CCCCCCC.CCI. The quantitative estimate of drug-likeness (QED) is 0.397. The Balaban J connectivity index is 0. The summed E-state index contributed by atoms with van der Waals surface area (Å²) in [5.74, 6) is 0. The van der Waals surface area contributed by atoms with Gasteiger partial charge in [0.2, 0.25) is 0 Å². The Kier molecular flexibility index (Phi) is 21.8. The van der Waals surface area contributed by atoms with E-state index in [4.69, 9.17) is 0 Å². The lowest BCUT2D eigenvalue weighted by Gasteiger charge is -1.90. The van der Waals surface area contributed by atoms with Crippen LogP contribution in [-0.4, -0.2) is 4.43 Å². The Morgan fingerprint density at radius 2 is 1.10 bits per heavy atom. The summed E-state index contributed by atoms with van der Waals surface area (Å²) in [5.41, 5.74) is 0. The molecule has 1 heteroatoms. The molecule has 0 spiro atoms. The molecule has 0 aromatic rings. The molecule has 0 unspecified atom stereocenters. The molecule has 0 aliphatic rings. The van der Waals surface area contributed by atoms with Crippen molar-refractivity contribution < 1.29 is 0 Å². The van der Waals surface area contributed by atoms with Crippen molar-refractivity contribution in [2.75, 3.05) is 4.43 Å². The first-order valence-electron chi connectivity index (χ1n) is 4.39. The molecule has 0 amide bonds. The zero-order valence-corrected chi connectivity index (χ0v) is 9.78. The van der Waals surface area contributed by atoms with Crippen molar-refractivity contribution in [2.45, 2.75) is 52.9 Å². The van der Waals surface area contributed by atoms with Gasteiger partial charge in [-0.15, -0.1) is 0 Å². The molecule has 0 N–H and O–H groups in total. The van der Waals surface area contributed by atoms with Gasteiger partial charge in [-0.3, -0.25) is 0 Å². The highest BCUT2D eigenvalue weighted by Gasteiger charge is 1.80. The van der Waals surface area contributed by atoms with E-state index in [9.17, 15) is 0 Å². The second-order valence-corrected chi connectivity index (χ2v) is 3.85. The maximum atomic E-state index is 2.29. The molecule has 0 aliphatic heterocycles. The smallest absolute Gasteiger partial charge is 0.00332 e. The summed E-state index contributed by atoms with van der Waals surface area (Å²) in [4.78, 5) is 0. The molecule has 0 atom stereocenters. The minimum atomic E-state index is 1.22. The summed E-state index contributed by atoms with van der Waals surface area (Å²) < 4.78 is 1.22. The second-order valence-electron chi connectivity index (χ2n) is 2.33. The van der Waals surface area contributed by atoms with E-state index >= 15 is 0 Å². The molecule has 0 heterocycles. The van der Waals surface area contributed by atoms with Gasteiger partial charge in [0.25, 0.3) is 0 Å². The predicted molar refractivity (Wildman–Crippen MR) is 59.0 cm³/mol. The van der Waals surface area contributed by atoms with Gasteiger partial charge in [-0.25, -0.2) is 0 Å². The fourth-order valence-electron chi connectivity index (χ4n) is 0.677. The average Bonchev–Trinajstić information content (AvgIpc) is 1.91. The maximum Gasteiger partial charge on any atom is -0.00332 e. The van der Waals surface area contributed by atoms with Gasteiger partial charge in [-0.05, 0) is 4.43 Å². The highest BCUT2D eigenvalue weighted by Crippen LogP contribution is 2.00. The summed E-state index contributed by atoms with van der Waals surface area (Å²) >= 11 is 2.29. The van der Waals surface area contributed by atoms with E-state index in [0.717, 1.165) is 0 Å². The van der Waals surface area contributed by atoms with E-state index in [2.05, 4.69) is 43.4 Å².